The van der Waals surface area contributed by atoms with Crippen LogP contribution in [0.25, 0.3) is 5.57 Å². The number of aromatic nitrogens is 1. The Balaban J connectivity index is 1.75. The van der Waals surface area contributed by atoms with Crippen molar-refractivity contribution in [3.05, 3.63) is 107 Å². The molecular formula is C26H25N3O2. The molecule has 0 saturated heterocycles. The molecule has 4 rings (SSSR count). The Morgan fingerprint density at radius 1 is 0.871 bits per heavy atom. The molecule has 0 aliphatic carbocycles. The van der Waals surface area contributed by atoms with Crippen LogP contribution in [0.15, 0.2) is 78.6 Å². The summed E-state index contributed by atoms with van der Waals surface area (Å²) in [7, 11) is 1.86. The summed E-state index contributed by atoms with van der Waals surface area (Å²) in [6.45, 7) is 4.72. The van der Waals surface area contributed by atoms with Crippen molar-refractivity contribution < 1.29 is 9.59 Å². The largest absolute Gasteiger partial charge is 0.365 e. The molecule has 2 heterocycles. The number of benzene rings is 2. The molecule has 2 amide bonds. The Kier molecular flexibility index (Phi) is 5.67. The maximum atomic E-state index is 13.5. The van der Waals surface area contributed by atoms with Crippen LogP contribution < -0.4 is 0 Å². The molecule has 0 N–H and O–H groups in total. The number of hydrogen-bond donors (Lipinski definition) is 0. The SMILES string of the molecule is Cc1ccc(C2=C(N(C)Cc3ccccc3)C(=O)N(Cc3ccccn3)C2=O)cc1C. The molecule has 1 aliphatic rings. The third-order valence-corrected chi connectivity index (χ3v) is 5.63. The molecule has 0 unspecified atom stereocenters. The van der Waals surface area contributed by atoms with Crippen molar-refractivity contribution in [2.75, 3.05) is 7.05 Å². The highest BCUT2D eigenvalue weighted by Gasteiger charge is 2.41. The number of amides is 2. The lowest BCUT2D eigenvalue weighted by atomic mass is 9.99. The van der Waals surface area contributed by atoms with Gasteiger partial charge in [0, 0.05) is 19.8 Å². The Morgan fingerprint density at radius 2 is 1.61 bits per heavy atom. The first-order valence-corrected chi connectivity index (χ1v) is 10.3. The minimum atomic E-state index is -0.290. The van der Waals surface area contributed by atoms with E-state index in [1.165, 1.54) is 4.90 Å². The van der Waals surface area contributed by atoms with E-state index in [0.717, 1.165) is 22.3 Å². The molecule has 1 aromatic heterocycles. The number of imide groups is 1. The van der Waals surface area contributed by atoms with Crippen LogP contribution in [0, 0.1) is 13.8 Å². The normalized spacial score (nSPS) is 13.8. The Hall–Kier alpha value is -3.73. The van der Waals surface area contributed by atoms with Gasteiger partial charge in [-0.25, -0.2) is 0 Å². The van der Waals surface area contributed by atoms with Crippen molar-refractivity contribution in [2.45, 2.75) is 26.9 Å². The van der Waals surface area contributed by atoms with Gasteiger partial charge in [0.1, 0.15) is 5.70 Å². The van der Waals surface area contributed by atoms with Crippen LogP contribution in [0.2, 0.25) is 0 Å². The van der Waals surface area contributed by atoms with Crippen LogP contribution in [0.1, 0.15) is 27.9 Å². The monoisotopic (exact) mass is 411 g/mol. The van der Waals surface area contributed by atoms with E-state index in [1.54, 1.807) is 6.20 Å². The highest BCUT2D eigenvalue weighted by atomic mass is 16.2. The van der Waals surface area contributed by atoms with E-state index < -0.39 is 0 Å². The predicted molar refractivity (Wildman–Crippen MR) is 121 cm³/mol. The molecule has 2 aromatic carbocycles. The lowest BCUT2D eigenvalue weighted by Gasteiger charge is -2.21. The van der Waals surface area contributed by atoms with Crippen LogP contribution >= 0.6 is 0 Å². The molecule has 31 heavy (non-hydrogen) atoms. The van der Waals surface area contributed by atoms with Crippen LogP contribution in [0.4, 0.5) is 0 Å². The maximum Gasteiger partial charge on any atom is 0.278 e. The van der Waals surface area contributed by atoms with Crippen LogP contribution in [-0.4, -0.2) is 33.6 Å². The Morgan fingerprint density at radius 3 is 2.29 bits per heavy atom. The van der Waals surface area contributed by atoms with Crippen molar-refractivity contribution in [1.29, 1.82) is 0 Å². The number of aryl methyl sites for hydroxylation is 2. The Labute approximate surface area is 182 Å². The highest BCUT2D eigenvalue weighted by molar-refractivity contribution is 6.35. The standard InChI is InChI=1S/C26H25N3O2/c1-18-12-13-21(15-19(18)2)23-24(28(3)16-20-9-5-4-6-10-20)26(31)29(25(23)30)17-22-11-7-8-14-27-22/h4-15H,16-17H2,1-3H3. The van der Waals surface area contributed by atoms with E-state index in [0.29, 0.717) is 23.5 Å². The van der Waals surface area contributed by atoms with Gasteiger partial charge in [0.25, 0.3) is 11.8 Å². The molecule has 0 spiro atoms. The Bertz CT molecular complexity index is 1150. The molecule has 156 valence electrons. The lowest BCUT2D eigenvalue weighted by molar-refractivity contribution is -0.138. The molecule has 0 atom stereocenters. The minimum Gasteiger partial charge on any atom is -0.365 e. The second-order valence-electron chi connectivity index (χ2n) is 7.88. The first-order valence-electron chi connectivity index (χ1n) is 10.3. The second kappa shape index (κ2) is 8.56. The predicted octanol–water partition coefficient (Wildman–Crippen LogP) is 4.11. The molecule has 3 aromatic rings. The van der Waals surface area contributed by atoms with Gasteiger partial charge in [0.15, 0.2) is 0 Å². The van der Waals surface area contributed by atoms with E-state index in [1.807, 2.05) is 92.5 Å². The fraction of sp³-hybridized carbons (Fsp3) is 0.192. The molecule has 0 fully saturated rings. The van der Waals surface area contributed by atoms with Crippen LogP contribution in [0.5, 0.6) is 0 Å². The number of rotatable bonds is 6. The van der Waals surface area contributed by atoms with Crippen molar-refractivity contribution in [3.8, 4) is 0 Å². The van der Waals surface area contributed by atoms with Gasteiger partial charge in [-0.3, -0.25) is 19.5 Å². The van der Waals surface area contributed by atoms with Gasteiger partial charge < -0.3 is 4.90 Å². The van der Waals surface area contributed by atoms with E-state index in [4.69, 9.17) is 0 Å². The average molecular weight is 412 g/mol. The quantitative estimate of drug-likeness (QED) is 0.573. The molecule has 0 radical (unpaired) electrons. The first-order chi connectivity index (χ1) is 15.0. The first kappa shape index (κ1) is 20.5. The fourth-order valence-electron chi connectivity index (χ4n) is 3.81. The van der Waals surface area contributed by atoms with Gasteiger partial charge in [-0.05, 0) is 48.2 Å². The zero-order valence-electron chi connectivity index (χ0n) is 18.0. The summed E-state index contributed by atoms with van der Waals surface area (Å²) in [6.07, 6.45) is 1.67. The molecule has 1 aliphatic heterocycles. The van der Waals surface area contributed by atoms with Gasteiger partial charge in [-0.1, -0.05) is 54.6 Å². The number of likely N-dealkylation sites (N-methyl/N-ethyl adjacent to an activating group) is 1. The summed E-state index contributed by atoms with van der Waals surface area (Å²) in [4.78, 5) is 34.4. The van der Waals surface area contributed by atoms with Crippen molar-refractivity contribution >= 4 is 17.4 Å². The van der Waals surface area contributed by atoms with E-state index in [2.05, 4.69) is 4.98 Å². The summed E-state index contributed by atoms with van der Waals surface area (Å²) in [5.74, 6) is -0.573. The van der Waals surface area contributed by atoms with Crippen LogP contribution in [-0.2, 0) is 22.7 Å². The third-order valence-electron chi connectivity index (χ3n) is 5.63. The number of hydrogen-bond acceptors (Lipinski definition) is 4. The van der Waals surface area contributed by atoms with E-state index in [9.17, 15) is 9.59 Å². The number of pyridine rings is 1. The van der Waals surface area contributed by atoms with Crippen molar-refractivity contribution in [3.63, 3.8) is 0 Å². The van der Waals surface area contributed by atoms with Gasteiger partial charge in [-0.2, -0.15) is 0 Å². The summed E-state index contributed by atoms with van der Waals surface area (Å²) < 4.78 is 0. The van der Waals surface area contributed by atoms with E-state index >= 15 is 0 Å². The highest BCUT2D eigenvalue weighted by Crippen LogP contribution is 2.33. The van der Waals surface area contributed by atoms with E-state index in [-0.39, 0.29) is 18.4 Å². The summed E-state index contributed by atoms with van der Waals surface area (Å²) in [6, 6.07) is 21.3. The second-order valence-corrected chi connectivity index (χ2v) is 7.88. The molecular weight excluding hydrogens is 386 g/mol. The number of nitrogens with zero attached hydrogens (tertiary/aromatic N) is 3. The molecule has 5 nitrogen and oxygen atoms in total. The zero-order valence-corrected chi connectivity index (χ0v) is 18.0. The van der Waals surface area contributed by atoms with Gasteiger partial charge in [-0.15, -0.1) is 0 Å². The molecule has 0 saturated carbocycles. The zero-order chi connectivity index (χ0) is 22.0. The lowest BCUT2D eigenvalue weighted by Crippen LogP contribution is -2.33. The smallest absolute Gasteiger partial charge is 0.278 e. The molecule has 5 heteroatoms. The summed E-state index contributed by atoms with van der Waals surface area (Å²) in [5.41, 5.74) is 5.61. The van der Waals surface area contributed by atoms with Gasteiger partial charge in [0.05, 0.1) is 17.8 Å². The number of carbonyl (C=O) groups excluding carboxylic acids is 2. The molecule has 0 bridgehead atoms. The fourth-order valence-corrected chi connectivity index (χ4v) is 3.81. The summed E-state index contributed by atoms with van der Waals surface area (Å²) in [5, 5.41) is 0. The number of carbonyl (C=O) groups is 2. The van der Waals surface area contributed by atoms with Crippen LogP contribution in [0.3, 0.4) is 0 Å². The average Bonchev–Trinajstić information content (AvgIpc) is 3.02. The van der Waals surface area contributed by atoms with Crippen molar-refractivity contribution in [2.24, 2.45) is 0 Å². The maximum absolute atomic E-state index is 13.5. The summed E-state index contributed by atoms with van der Waals surface area (Å²) >= 11 is 0. The van der Waals surface area contributed by atoms with Crippen molar-refractivity contribution in [1.82, 2.24) is 14.8 Å². The topological polar surface area (TPSA) is 53.5 Å². The minimum absolute atomic E-state index is 0.148. The third kappa shape index (κ3) is 4.12. The van der Waals surface area contributed by atoms with Gasteiger partial charge in [0.2, 0.25) is 0 Å². The van der Waals surface area contributed by atoms with Gasteiger partial charge >= 0.3 is 0 Å².